The summed E-state index contributed by atoms with van der Waals surface area (Å²) in [5.74, 6) is 4.35. The van der Waals surface area contributed by atoms with Crippen molar-refractivity contribution in [2.45, 2.75) is 6.61 Å². The highest BCUT2D eigenvalue weighted by Gasteiger charge is 2.09. The van der Waals surface area contributed by atoms with Gasteiger partial charge in [-0.2, -0.15) is 8.78 Å². The minimum atomic E-state index is -2.97. The van der Waals surface area contributed by atoms with Gasteiger partial charge in [0, 0.05) is 6.07 Å². The van der Waals surface area contributed by atoms with Gasteiger partial charge in [-0.1, -0.05) is 0 Å². The van der Waals surface area contributed by atoms with E-state index in [9.17, 15) is 8.78 Å². The maximum absolute atomic E-state index is 11.8. The number of halogens is 2. The Balaban J connectivity index is 2.90. The van der Waals surface area contributed by atoms with Crippen LogP contribution < -0.4 is 16.0 Å². The van der Waals surface area contributed by atoms with Gasteiger partial charge in [-0.25, -0.2) is 0 Å². The van der Waals surface area contributed by atoms with Crippen LogP contribution in [0.1, 0.15) is 0 Å². The Hall–Kier alpha value is -1.56. The smallest absolute Gasteiger partial charge is 0.387 e. The maximum Gasteiger partial charge on any atom is 0.387 e. The summed E-state index contributed by atoms with van der Waals surface area (Å²) in [4.78, 5) is 0. The van der Waals surface area contributed by atoms with Gasteiger partial charge >= 0.3 is 6.61 Å². The van der Waals surface area contributed by atoms with Gasteiger partial charge in [0.2, 0.25) is 0 Å². The molecule has 0 heterocycles. The zero-order valence-electron chi connectivity index (χ0n) is 6.50. The molecule has 0 radical (unpaired) electrons. The average Bonchev–Trinajstić information content (AvgIpc) is 2.08. The number of nitrogens with two attached hydrogens (primary N) is 1. The minimum Gasteiger partial charge on any atom is -0.504 e. The summed E-state index contributed by atoms with van der Waals surface area (Å²) >= 11 is 0. The van der Waals surface area contributed by atoms with E-state index >= 15 is 0 Å². The van der Waals surface area contributed by atoms with Crippen LogP contribution in [0.15, 0.2) is 18.2 Å². The number of ether oxygens (including phenoxy) is 1. The summed E-state index contributed by atoms with van der Waals surface area (Å²) < 4.78 is 27.5. The van der Waals surface area contributed by atoms with Crippen molar-refractivity contribution in [3.63, 3.8) is 0 Å². The van der Waals surface area contributed by atoms with E-state index in [0.717, 1.165) is 0 Å². The molecule has 1 rings (SSSR count). The van der Waals surface area contributed by atoms with Crippen molar-refractivity contribution in [3.05, 3.63) is 18.2 Å². The molecule has 0 unspecified atom stereocenters. The van der Waals surface area contributed by atoms with Gasteiger partial charge in [-0.15, -0.1) is 0 Å². The molecule has 13 heavy (non-hydrogen) atoms. The number of phenolic OH excluding ortho intramolecular Hbond substituents is 1. The lowest BCUT2D eigenvalue weighted by atomic mass is 10.3. The number of rotatable bonds is 3. The summed E-state index contributed by atoms with van der Waals surface area (Å²) in [5, 5.41) is 9.05. The van der Waals surface area contributed by atoms with Crippen molar-refractivity contribution < 1.29 is 18.6 Å². The van der Waals surface area contributed by atoms with Gasteiger partial charge in [-0.3, -0.25) is 5.84 Å². The third-order valence-electron chi connectivity index (χ3n) is 1.34. The lowest BCUT2D eigenvalue weighted by molar-refractivity contribution is -0.0512. The molecule has 1 aromatic carbocycles. The van der Waals surface area contributed by atoms with Crippen LogP contribution in [0.3, 0.4) is 0 Å². The lowest BCUT2D eigenvalue weighted by Crippen LogP contribution is -2.07. The van der Waals surface area contributed by atoms with Crippen molar-refractivity contribution in [2.75, 3.05) is 5.43 Å². The quantitative estimate of drug-likeness (QED) is 0.381. The fourth-order valence-corrected chi connectivity index (χ4v) is 0.794. The Kier molecular flexibility index (Phi) is 2.86. The Morgan fingerprint density at radius 2 is 2.15 bits per heavy atom. The van der Waals surface area contributed by atoms with Crippen molar-refractivity contribution in [2.24, 2.45) is 5.84 Å². The van der Waals surface area contributed by atoms with E-state index in [0.29, 0.717) is 5.69 Å². The fraction of sp³-hybridized carbons (Fsp3) is 0.143. The standard InChI is InChI=1S/C7H8F2N2O2/c8-7(9)13-6-3-4(11-10)1-2-5(6)12/h1-3,7,11-12H,10H2. The lowest BCUT2D eigenvalue weighted by Gasteiger charge is -2.08. The number of aromatic hydroxyl groups is 1. The number of anilines is 1. The molecule has 0 spiro atoms. The molecular weight excluding hydrogens is 182 g/mol. The first-order valence-corrected chi connectivity index (χ1v) is 3.38. The second-order valence-electron chi connectivity index (χ2n) is 2.21. The maximum atomic E-state index is 11.8. The van der Waals surface area contributed by atoms with Crippen molar-refractivity contribution in [1.29, 1.82) is 0 Å². The Labute approximate surface area is 72.9 Å². The van der Waals surface area contributed by atoms with Crippen LogP contribution in [-0.2, 0) is 0 Å². The third kappa shape index (κ3) is 2.45. The van der Waals surface area contributed by atoms with Crippen LogP contribution in [0, 0.1) is 0 Å². The van der Waals surface area contributed by atoms with E-state index in [2.05, 4.69) is 10.2 Å². The molecule has 0 aliphatic heterocycles. The molecule has 0 bridgehead atoms. The van der Waals surface area contributed by atoms with Crippen LogP contribution in [-0.4, -0.2) is 11.7 Å². The summed E-state index contributed by atoms with van der Waals surface area (Å²) in [5.41, 5.74) is 2.60. The molecule has 0 aliphatic carbocycles. The van der Waals surface area contributed by atoms with E-state index in [1.807, 2.05) is 0 Å². The first-order valence-electron chi connectivity index (χ1n) is 3.38. The Morgan fingerprint density at radius 1 is 1.46 bits per heavy atom. The average molecular weight is 190 g/mol. The first-order chi connectivity index (χ1) is 6.13. The largest absolute Gasteiger partial charge is 0.504 e. The van der Waals surface area contributed by atoms with Crippen LogP contribution in [0.2, 0.25) is 0 Å². The fourth-order valence-electron chi connectivity index (χ4n) is 0.794. The minimum absolute atomic E-state index is 0.314. The second kappa shape index (κ2) is 3.90. The molecule has 0 amide bonds. The number of benzene rings is 1. The number of hydrazine groups is 1. The van der Waals surface area contributed by atoms with E-state index in [1.165, 1.54) is 18.2 Å². The van der Waals surface area contributed by atoms with Gasteiger partial charge in [0.25, 0.3) is 0 Å². The van der Waals surface area contributed by atoms with E-state index in [4.69, 9.17) is 10.9 Å². The molecule has 4 N–H and O–H groups in total. The molecule has 0 saturated heterocycles. The normalized spacial score (nSPS) is 10.2. The molecule has 6 heteroatoms. The Morgan fingerprint density at radius 3 is 2.69 bits per heavy atom. The molecule has 0 fully saturated rings. The molecule has 0 atom stereocenters. The molecule has 72 valence electrons. The third-order valence-corrected chi connectivity index (χ3v) is 1.34. The number of hydrogen-bond acceptors (Lipinski definition) is 4. The summed E-state index contributed by atoms with van der Waals surface area (Å²) in [6, 6.07) is 3.79. The van der Waals surface area contributed by atoms with Crippen LogP contribution in [0.5, 0.6) is 11.5 Å². The van der Waals surface area contributed by atoms with Gasteiger partial charge in [0.05, 0.1) is 5.69 Å². The number of nitrogen functional groups attached to an aromatic ring is 1. The molecule has 0 saturated carbocycles. The van der Waals surface area contributed by atoms with Gasteiger partial charge < -0.3 is 15.3 Å². The van der Waals surface area contributed by atoms with Gasteiger partial charge in [0.1, 0.15) is 0 Å². The molecule has 1 aromatic rings. The highest BCUT2D eigenvalue weighted by Crippen LogP contribution is 2.29. The topological polar surface area (TPSA) is 67.5 Å². The van der Waals surface area contributed by atoms with Gasteiger partial charge in [-0.05, 0) is 12.1 Å². The van der Waals surface area contributed by atoms with Crippen molar-refractivity contribution >= 4 is 5.69 Å². The zero-order chi connectivity index (χ0) is 9.84. The number of nitrogens with one attached hydrogen (secondary N) is 1. The first kappa shape index (κ1) is 9.53. The summed E-state index contributed by atoms with van der Waals surface area (Å²) in [6.07, 6.45) is 0. The number of hydrogen-bond donors (Lipinski definition) is 3. The van der Waals surface area contributed by atoms with E-state index in [-0.39, 0.29) is 11.5 Å². The molecule has 4 nitrogen and oxygen atoms in total. The van der Waals surface area contributed by atoms with Crippen LogP contribution in [0.25, 0.3) is 0 Å². The van der Waals surface area contributed by atoms with Crippen LogP contribution in [0.4, 0.5) is 14.5 Å². The number of phenols is 1. The molecule has 0 aromatic heterocycles. The van der Waals surface area contributed by atoms with Gasteiger partial charge in [0.15, 0.2) is 11.5 Å². The zero-order valence-corrected chi connectivity index (χ0v) is 6.50. The highest BCUT2D eigenvalue weighted by atomic mass is 19.3. The SMILES string of the molecule is NNc1ccc(O)c(OC(F)F)c1. The predicted molar refractivity (Wildman–Crippen MR) is 42.5 cm³/mol. The molecular formula is C7H8F2N2O2. The van der Waals surface area contributed by atoms with Crippen molar-refractivity contribution in [3.8, 4) is 11.5 Å². The summed E-state index contributed by atoms with van der Waals surface area (Å²) in [7, 11) is 0. The highest BCUT2D eigenvalue weighted by molar-refractivity contribution is 5.53. The van der Waals surface area contributed by atoms with Crippen molar-refractivity contribution in [1.82, 2.24) is 0 Å². The van der Waals surface area contributed by atoms with Crippen LogP contribution >= 0.6 is 0 Å². The second-order valence-corrected chi connectivity index (χ2v) is 2.21. The Bertz CT molecular complexity index is 294. The predicted octanol–water partition coefficient (Wildman–Crippen LogP) is 1.28. The summed E-state index contributed by atoms with van der Waals surface area (Å²) in [6.45, 7) is -2.97. The number of alkyl halides is 2. The molecule has 0 aliphatic rings. The monoisotopic (exact) mass is 190 g/mol. The van der Waals surface area contributed by atoms with E-state index < -0.39 is 6.61 Å². The van der Waals surface area contributed by atoms with E-state index in [1.54, 1.807) is 0 Å².